The van der Waals surface area contributed by atoms with Crippen molar-refractivity contribution >= 4 is 27.8 Å². The maximum Gasteiger partial charge on any atom is 0.303 e. The Bertz CT molecular complexity index is 984. The fourth-order valence-corrected chi connectivity index (χ4v) is 9.67. The smallest absolute Gasteiger partial charge is 0.303 e. The van der Waals surface area contributed by atoms with Crippen molar-refractivity contribution in [2.75, 3.05) is 19.8 Å². The predicted molar refractivity (Wildman–Crippen MR) is 323 cm³/mol. The van der Waals surface area contributed by atoms with Gasteiger partial charge in [0.1, 0.15) is 0 Å². The molecular weight excluding hydrogens is 980 g/mol. The standard InChI is InChI=1S/3C21H42O4.H3P/c3*22-19-20(23)17-15-13-11-9-7-5-3-1-2-4-6-8-10-12-14-16-18-21(24)25;/h3*20,22-23H,1-19H2,(H,24,25);1H3. The van der Waals surface area contributed by atoms with E-state index in [4.69, 9.17) is 30.6 Å². The number of carboxylic acids is 3. The zero-order chi connectivity index (χ0) is 55.8. The maximum atomic E-state index is 10.4. The van der Waals surface area contributed by atoms with Crippen molar-refractivity contribution in [3.8, 4) is 0 Å². The number of aliphatic hydroxyl groups is 6. The first-order chi connectivity index (χ1) is 36.5. The van der Waals surface area contributed by atoms with Gasteiger partial charge in [-0.25, -0.2) is 0 Å². The van der Waals surface area contributed by atoms with Gasteiger partial charge in [0, 0.05) is 19.3 Å². The number of carbonyl (C=O) groups is 3. The number of aliphatic carboxylic acids is 3. The molecule has 0 aromatic heterocycles. The van der Waals surface area contributed by atoms with Crippen LogP contribution < -0.4 is 0 Å². The summed E-state index contributed by atoms with van der Waals surface area (Å²) in [6.45, 7) is -0.313. The van der Waals surface area contributed by atoms with Gasteiger partial charge in [-0.2, -0.15) is 9.90 Å². The van der Waals surface area contributed by atoms with Crippen LogP contribution in [0.3, 0.4) is 0 Å². The number of rotatable bonds is 60. The van der Waals surface area contributed by atoms with E-state index in [0.717, 1.165) is 77.0 Å². The van der Waals surface area contributed by atoms with Crippen LogP contribution in [-0.4, -0.2) is 102 Å². The molecule has 0 bridgehead atoms. The van der Waals surface area contributed by atoms with E-state index in [2.05, 4.69) is 0 Å². The Hall–Kier alpha value is -1.40. The normalized spacial score (nSPS) is 12.2. The van der Waals surface area contributed by atoms with Crippen molar-refractivity contribution in [2.24, 2.45) is 0 Å². The Labute approximate surface area is 471 Å². The van der Waals surface area contributed by atoms with Crippen LogP contribution in [0.1, 0.15) is 347 Å². The van der Waals surface area contributed by atoms with E-state index in [0.29, 0.717) is 19.3 Å². The lowest BCUT2D eigenvalue weighted by molar-refractivity contribution is -0.138. The number of hydrogen-bond donors (Lipinski definition) is 9. The molecule has 13 heteroatoms. The Morgan fingerprint density at radius 3 is 0.421 bits per heavy atom. The molecule has 0 aromatic rings. The average Bonchev–Trinajstić information content (AvgIpc) is 3.39. The van der Waals surface area contributed by atoms with Crippen molar-refractivity contribution in [3.05, 3.63) is 0 Å². The van der Waals surface area contributed by atoms with Gasteiger partial charge in [-0.1, -0.05) is 289 Å². The van der Waals surface area contributed by atoms with Crippen LogP contribution in [0.4, 0.5) is 0 Å². The minimum absolute atomic E-state index is 0. The third-order valence-corrected chi connectivity index (χ3v) is 14.7. The third kappa shape index (κ3) is 81.4. The van der Waals surface area contributed by atoms with Crippen molar-refractivity contribution in [1.82, 2.24) is 0 Å². The highest BCUT2D eigenvalue weighted by Gasteiger charge is 2.05. The zero-order valence-electron chi connectivity index (χ0n) is 49.5. The molecule has 76 heavy (non-hydrogen) atoms. The molecule has 0 saturated heterocycles. The summed E-state index contributed by atoms with van der Waals surface area (Å²) in [5, 5.41) is 79.5. The van der Waals surface area contributed by atoms with E-state index < -0.39 is 36.2 Å². The van der Waals surface area contributed by atoms with Gasteiger partial charge < -0.3 is 46.0 Å². The number of unbranched alkanes of at least 4 members (excludes halogenated alkanes) is 45. The molecule has 0 aliphatic heterocycles. The largest absolute Gasteiger partial charge is 0.481 e. The van der Waals surface area contributed by atoms with Gasteiger partial charge in [0.15, 0.2) is 0 Å². The van der Waals surface area contributed by atoms with E-state index in [1.165, 1.54) is 250 Å². The molecule has 458 valence electrons. The highest BCUT2D eigenvalue weighted by Crippen LogP contribution is 2.18. The molecule has 0 heterocycles. The van der Waals surface area contributed by atoms with Crippen LogP contribution in [0.15, 0.2) is 0 Å². The van der Waals surface area contributed by atoms with Crippen molar-refractivity contribution < 1.29 is 60.3 Å². The summed E-state index contributed by atoms with van der Waals surface area (Å²) in [4.78, 5) is 31.1. The SMILES string of the molecule is O=C(O)CCCCCCCCCCCCCCCCCCC(O)CO.O=C(O)CCCCCCCCCCCCCCCCCCC(O)CO.O=C(O)CCCCCCCCCCCCCCCCCCC(O)CO.P. The average molecular weight is 1110 g/mol. The van der Waals surface area contributed by atoms with E-state index >= 15 is 0 Å². The van der Waals surface area contributed by atoms with Crippen LogP contribution in [0.5, 0.6) is 0 Å². The lowest BCUT2D eigenvalue weighted by Crippen LogP contribution is -2.10. The lowest BCUT2D eigenvalue weighted by Gasteiger charge is -2.06. The minimum atomic E-state index is -0.669. The van der Waals surface area contributed by atoms with Crippen LogP contribution in [0, 0.1) is 0 Å². The summed E-state index contributed by atoms with van der Waals surface area (Å²) in [6.07, 6.45) is 61.2. The van der Waals surface area contributed by atoms with Crippen molar-refractivity contribution in [1.29, 1.82) is 0 Å². The van der Waals surface area contributed by atoms with Crippen LogP contribution >= 0.6 is 9.90 Å². The highest BCUT2D eigenvalue weighted by atomic mass is 31.0. The molecule has 12 nitrogen and oxygen atoms in total. The molecule has 0 radical (unpaired) electrons. The topological polar surface area (TPSA) is 233 Å². The Morgan fingerprint density at radius 1 is 0.211 bits per heavy atom. The third-order valence-electron chi connectivity index (χ3n) is 14.7. The van der Waals surface area contributed by atoms with Gasteiger partial charge in [0.25, 0.3) is 0 Å². The number of hydrogen-bond acceptors (Lipinski definition) is 9. The van der Waals surface area contributed by atoms with Gasteiger partial charge >= 0.3 is 17.9 Å². The zero-order valence-corrected chi connectivity index (χ0v) is 50.9. The fraction of sp³-hybridized carbons (Fsp3) is 0.952. The van der Waals surface area contributed by atoms with Crippen LogP contribution in [-0.2, 0) is 14.4 Å². The first-order valence-electron chi connectivity index (χ1n) is 32.0. The molecule has 0 aliphatic carbocycles. The monoisotopic (exact) mass is 1110 g/mol. The number of aliphatic hydroxyl groups excluding tert-OH is 6. The summed E-state index contributed by atoms with van der Waals surface area (Å²) in [5.74, 6) is -2.01. The van der Waals surface area contributed by atoms with Gasteiger partial charge in [-0.05, 0) is 38.5 Å². The number of carboxylic acid groups (broad SMARTS) is 3. The second-order valence-electron chi connectivity index (χ2n) is 22.3. The van der Waals surface area contributed by atoms with Gasteiger partial charge in [-0.3, -0.25) is 14.4 Å². The summed E-state index contributed by atoms with van der Waals surface area (Å²) in [5.41, 5.74) is 0. The molecule has 4 unspecified atom stereocenters. The first kappa shape index (κ1) is 81.1. The van der Waals surface area contributed by atoms with Crippen LogP contribution in [0.25, 0.3) is 0 Å². The molecule has 0 rings (SSSR count). The quantitative estimate of drug-likeness (QED) is 0.0204. The molecule has 0 aliphatic rings. The fourth-order valence-electron chi connectivity index (χ4n) is 9.67. The van der Waals surface area contributed by atoms with Gasteiger partial charge in [0.2, 0.25) is 0 Å². The van der Waals surface area contributed by atoms with E-state index in [9.17, 15) is 29.7 Å². The second-order valence-corrected chi connectivity index (χ2v) is 22.3. The van der Waals surface area contributed by atoms with Crippen molar-refractivity contribution in [3.63, 3.8) is 0 Å². The summed E-state index contributed by atoms with van der Waals surface area (Å²) < 4.78 is 0. The van der Waals surface area contributed by atoms with E-state index in [1.807, 2.05) is 0 Å². The Morgan fingerprint density at radius 2 is 0.316 bits per heavy atom. The molecule has 0 fully saturated rings. The second kappa shape index (κ2) is 71.6. The van der Waals surface area contributed by atoms with Crippen molar-refractivity contribution in [2.45, 2.75) is 365 Å². The molecule has 4 atom stereocenters. The predicted octanol–water partition coefficient (Wildman–Crippen LogP) is 16.4. The summed E-state index contributed by atoms with van der Waals surface area (Å²) in [6, 6.07) is 0. The highest BCUT2D eigenvalue weighted by molar-refractivity contribution is 6.92. The molecule has 0 amide bonds. The Kier molecular flexibility index (Phi) is 76.4. The first-order valence-corrected chi connectivity index (χ1v) is 32.0. The lowest BCUT2D eigenvalue weighted by atomic mass is 10.0. The van der Waals surface area contributed by atoms with E-state index in [1.54, 1.807) is 0 Å². The van der Waals surface area contributed by atoms with Gasteiger partial charge in [-0.15, -0.1) is 0 Å². The minimum Gasteiger partial charge on any atom is -0.481 e. The Balaban J connectivity index is -0.000000508. The van der Waals surface area contributed by atoms with E-state index in [-0.39, 0.29) is 29.7 Å². The molecular formula is C63H129O12P. The molecule has 0 aromatic carbocycles. The van der Waals surface area contributed by atoms with Gasteiger partial charge in [0.05, 0.1) is 38.1 Å². The van der Waals surface area contributed by atoms with Crippen LogP contribution in [0.2, 0.25) is 0 Å². The maximum absolute atomic E-state index is 10.4. The molecule has 0 spiro atoms. The molecule has 0 saturated carbocycles. The summed E-state index contributed by atoms with van der Waals surface area (Å²) >= 11 is 0. The molecule has 9 N–H and O–H groups in total. The summed E-state index contributed by atoms with van der Waals surface area (Å²) in [7, 11) is 0.